The van der Waals surface area contributed by atoms with Crippen LogP contribution in [0.25, 0.3) is 66.6 Å². The molecule has 41 heavy (non-hydrogen) atoms. The van der Waals surface area contributed by atoms with E-state index in [4.69, 9.17) is 9.97 Å². The van der Waals surface area contributed by atoms with Crippen molar-refractivity contribution in [3.63, 3.8) is 0 Å². The van der Waals surface area contributed by atoms with Gasteiger partial charge < -0.3 is 0 Å². The standard InChI is InChI=1S/C39H28N2/c1-39(2)34-32-23-12-10-21-30(32)29-20-9-11-22-31(29)33(34)37-35(39)36(40-38(41-37)26-16-7-4-8-17-26)28-19-13-18-27(24-28)25-14-5-3-6-15-25/h3-24H,1-2H3. The Bertz CT molecular complexity index is 2110. The first-order valence-corrected chi connectivity index (χ1v) is 14.2. The summed E-state index contributed by atoms with van der Waals surface area (Å²) in [5.74, 6) is 0.755. The summed E-state index contributed by atoms with van der Waals surface area (Å²) in [5, 5.41) is 5.08. The van der Waals surface area contributed by atoms with Crippen LogP contribution in [0.3, 0.4) is 0 Å². The van der Waals surface area contributed by atoms with Crippen LogP contribution in [0.4, 0.5) is 0 Å². The van der Waals surface area contributed by atoms with Crippen molar-refractivity contribution in [1.82, 2.24) is 9.97 Å². The second kappa shape index (κ2) is 8.97. The monoisotopic (exact) mass is 524 g/mol. The second-order valence-corrected chi connectivity index (χ2v) is 11.4. The Morgan fingerprint density at radius 3 is 1.63 bits per heavy atom. The molecule has 2 nitrogen and oxygen atoms in total. The second-order valence-electron chi connectivity index (χ2n) is 11.4. The summed E-state index contributed by atoms with van der Waals surface area (Å²) >= 11 is 0. The SMILES string of the molecule is CC1(C)c2c(-c3cccc(-c4ccccc4)c3)nc(-c3ccccc3)nc2-c2c1c1ccccc1c1ccccc21. The van der Waals surface area contributed by atoms with E-state index in [9.17, 15) is 0 Å². The number of nitrogens with zero attached hydrogens (tertiary/aromatic N) is 2. The summed E-state index contributed by atoms with van der Waals surface area (Å²) in [7, 11) is 0. The smallest absolute Gasteiger partial charge is 0.160 e. The fourth-order valence-corrected chi connectivity index (χ4v) is 6.80. The lowest BCUT2D eigenvalue weighted by atomic mass is 9.78. The summed E-state index contributed by atoms with van der Waals surface area (Å²) in [6.07, 6.45) is 0. The van der Waals surface area contributed by atoms with Gasteiger partial charge in [0.15, 0.2) is 5.82 Å². The molecular weight excluding hydrogens is 496 g/mol. The minimum Gasteiger partial charge on any atom is -0.228 e. The van der Waals surface area contributed by atoms with E-state index in [0.717, 1.165) is 28.3 Å². The minimum absolute atomic E-state index is 0.304. The third-order valence-electron chi connectivity index (χ3n) is 8.60. The van der Waals surface area contributed by atoms with Crippen molar-refractivity contribution in [3.05, 3.63) is 145 Å². The molecule has 1 aliphatic carbocycles. The molecule has 0 saturated heterocycles. The van der Waals surface area contributed by atoms with Crippen molar-refractivity contribution in [1.29, 1.82) is 0 Å². The van der Waals surface area contributed by atoms with Gasteiger partial charge in [0.2, 0.25) is 0 Å². The van der Waals surface area contributed by atoms with Crippen LogP contribution in [0.2, 0.25) is 0 Å². The van der Waals surface area contributed by atoms with E-state index in [2.05, 4.69) is 141 Å². The van der Waals surface area contributed by atoms with Gasteiger partial charge in [-0.2, -0.15) is 0 Å². The van der Waals surface area contributed by atoms with Crippen molar-refractivity contribution in [2.75, 3.05) is 0 Å². The predicted molar refractivity (Wildman–Crippen MR) is 171 cm³/mol. The lowest BCUT2D eigenvalue weighted by Crippen LogP contribution is -2.18. The molecule has 0 aliphatic heterocycles. The number of hydrogen-bond acceptors (Lipinski definition) is 2. The van der Waals surface area contributed by atoms with Crippen LogP contribution in [0.5, 0.6) is 0 Å². The summed E-state index contributed by atoms with van der Waals surface area (Å²) in [6.45, 7) is 4.68. The van der Waals surface area contributed by atoms with Gasteiger partial charge in [0, 0.05) is 27.7 Å². The summed E-state index contributed by atoms with van der Waals surface area (Å²) in [6, 6.07) is 47.3. The van der Waals surface area contributed by atoms with Crippen LogP contribution < -0.4 is 0 Å². The zero-order valence-corrected chi connectivity index (χ0v) is 23.1. The zero-order chi connectivity index (χ0) is 27.6. The zero-order valence-electron chi connectivity index (χ0n) is 23.1. The van der Waals surface area contributed by atoms with Gasteiger partial charge in [-0.1, -0.05) is 141 Å². The third kappa shape index (κ3) is 3.57. The topological polar surface area (TPSA) is 25.8 Å². The maximum absolute atomic E-state index is 5.37. The maximum Gasteiger partial charge on any atom is 0.160 e. The predicted octanol–water partition coefficient (Wildman–Crippen LogP) is 10.1. The van der Waals surface area contributed by atoms with Gasteiger partial charge >= 0.3 is 0 Å². The molecule has 8 rings (SSSR count). The Morgan fingerprint density at radius 2 is 0.927 bits per heavy atom. The molecule has 0 radical (unpaired) electrons. The Labute approximate surface area is 240 Å². The van der Waals surface area contributed by atoms with Crippen LogP contribution in [0, 0.1) is 0 Å². The molecule has 0 bridgehead atoms. The molecule has 0 N–H and O–H groups in total. The van der Waals surface area contributed by atoms with Gasteiger partial charge in [-0.15, -0.1) is 0 Å². The molecule has 6 aromatic carbocycles. The van der Waals surface area contributed by atoms with Gasteiger partial charge in [-0.25, -0.2) is 9.97 Å². The number of rotatable bonds is 3. The van der Waals surface area contributed by atoms with E-state index < -0.39 is 0 Å². The fourth-order valence-electron chi connectivity index (χ4n) is 6.80. The first-order chi connectivity index (χ1) is 20.1. The van der Waals surface area contributed by atoms with Crippen molar-refractivity contribution in [2.24, 2.45) is 0 Å². The first-order valence-electron chi connectivity index (χ1n) is 14.2. The van der Waals surface area contributed by atoms with E-state index in [1.165, 1.54) is 49.4 Å². The fraction of sp³-hybridized carbons (Fsp3) is 0.0769. The Balaban J connectivity index is 1.50. The average Bonchev–Trinajstić information content (AvgIpc) is 3.28. The molecule has 0 fully saturated rings. The molecule has 7 aromatic rings. The molecule has 0 saturated carbocycles. The Hall–Kier alpha value is -5.08. The lowest BCUT2D eigenvalue weighted by Gasteiger charge is -2.25. The van der Waals surface area contributed by atoms with Crippen LogP contribution >= 0.6 is 0 Å². The van der Waals surface area contributed by atoms with Gasteiger partial charge in [-0.3, -0.25) is 0 Å². The van der Waals surface area contributed by atoms with Crippen LogP contribution in [-0.2, 0) is 5.41 Å². The molecule has 1 aromatic heterocycles. The summed E-state index contributed by atoms with van der Waals surface area (Å²) in [5.41, 5.74) is 10.0. The molecule has 0 amide bonds. The van der Waals surface area contributed by atoms with Crippen LogP contribution in [0.15, 0.2) is 133 Å². The average molecular weight is 525 g/mol. The highest BCUT2D eigenvalue weighted by molar-refractivity contribution is 6.18. The highest BCUT2D eigenvalue weighted by Gasteiger charge is 2.42. The van der Waals surface area contributed by atoms with Crippen LogP contribution in [-0.4, -0.2) is 9.97 Å². The van der Waals surface area contributed by atoms with Crippen molar-refractivity contribution >= 4 is 21.5 Å². The third-order valence-corrected chi connectivity index (χ3v) is 8.60. The molecule has 2 heteroatoms. The highest BCUT2D eigenvalue weighted by atomic mass is 14.9. The Morgan fingerprint density at radius 1 is 0.415 bits per heavy atom. The van der Waals surface area contributed by atoms with Gasteiger partial charge in [-0.05, 0) is 44.3 Å². The number of benzene rings is 6. The number of fused-ring (bicyclic) bond motifs is 8. The first kappa shape index (κ1) is 23.8. The molecule has 0 unspecified atom stereocenters. The van der Waals surface area contributed by atoms with Crippen molar-refractivity contribution < 1.29 is 0 Å². The van der Waals surface area contributed by atoms with Crippen molar-refractivity contribution in [3.8, 4) is 45.0 Å². The van der Waals surface area contributed by atoms with Crippen LogP contribution in [0.1, 0.15) is 25.0 Å². The van der Waals surface area contributed by atoms with E-state index in [0.29, 0.717) is 0 Å². The molecule has 0 atom stereocenters. The van der Waals surface area contributed by atoms with E-state index in [1.54, 1.807) is 0 Å². The quantitative estimate of drug-likeness (QED) is 0.215. The van der Waals surface area contributed by atoms with E-state index in [-0.39, 0.29) is 5.41 Å². The van der Waals surface area contributed by atoms with E-state index in [1.807, 2.05) is 6.07 Å². The van der Waals surface area contributed by atoms with Gasteiger partial charge in [0.05, 0.1) is 11.4 Å². The molecule has 0 spiro atoms. The lowest BCUT2D eigenvalue weighted by molar-refractivity contribution is 0.664. The normalized spacial score (nSPS) is 13.3. The Kier molecular flexibility index (Phi) is 5.20. The summed E-state index contributed by atoms with van der Waals surface area (Å²) < 4.78 is 0. The number of hydrogen-bond donors (Lipinski definition) is 0. The molecule has 1 heterocycles. The van der Waals surface area contributed by atoms with Crippen molar-refractivity contribution in [2.45, 2.75) is 19.3 Å². The van der Waals surface area contributed by atoms with Gasteiger partial charge in [0.1, 0.15) is 0 Å². The highest BCUT2D eigenvalue weighted by Crippen LogP contribution is 2.56. The largest absolute Gasteiger partial charge is 0.228 e. The maximum atomic E-state index is 5.37. The summed E-state index contributed by atoms with van der Waals surface area (Å²) in [4.78, 5) is 10.7. The number of aromatic nitrogens is 2. The molecule has 1 aliphatic rings. The molecular formula is C39H28N2. The van der Waals surface area contributed by atoms with E-state index >= 15 is 0 Å². The van der Waals surface area contributed by atoms with Gasteiger partial charge in [0.25, 0.3) is 0 Å². The minimum atomic E-state index is -0.304. The molecule has 194 valence electrons.